The second-order valence-electron chi connectivity index (χ2n) is 23.1. The van der Waals surface area contributed by atoms with E-state index >= 15 is 0 Å². The van der Waals surface area contributed by atoms with Crippen molar-refractivity contribution in [1.82, 2.24) is 0 Å². The number of esters is 3. The van der Waals surface area contributed by atoms with Gasteiger partial charge in [0.15, 0.2) is 6.10 Å². The predicted octanol–water partition coefficient (Wildman–Crippen LogP) is 23.7. The molecule has 0 aliphatic rings. The minimum atomic E-state index is -0.779. The maximum Gasteiger partial charge on any atom is 0.306 e. The van der Waals surface area contributed by atoms with E-state index in [9.17, 15) is 14.4 Å². The fourth-order valence-electron chi connectivity index (χ4n) is 10.1. The summed E-state index contributed by atoms with van der Waals surface area (Å²) in [7, 11) is 0. The standard InChI is InChI=1S/C73H130O6/c1-4-7-10-13-16-19-21-23-25-27-29-31-33-34-35-36-37-38-40-41-43-45-47-49-51-54-57-60-63-66-72(75)78-69-70(68-77-71(74)65-62-59-56-53-18-15-12-9-6-3)79-73(76)67-64-61-58-55-52-50-48-46-44-42-39-32-30-28-26-24-22-20-17-14-11-8-5-2/h8,11,17,20,24,26-27,29-30,32,42,44,70H,4-7,9-10,12-16,18-19,21-23,25,28,31,33-41,43,45-69H2,1-3H3/b11-8-,20-17-,26-24-,29-27-,32-30-,44-42-. The zero-order chi connectivity index (χ0) is 57.1. The summed E-state index contributed by atoms with van der Waals surface area (Å²) >= 11 is 0. The van der Waals surface area contributed by atoms with E-state index in [1.54, 1.807) is 0 Å². The largest absolute Gasteiger partial charge is 0.462 e. The van der Waals surface area contributed by atoms with E-state index in [0.717, 1.165) is 96.3 Å². The molecule has 458 valence electrons. The fraction of sp³-hybridized carbons (Fsp3) is 0.795. The maximum atomic E-state index is 12.9. The summed E-state index contributed by atoms with van der Waals surface area (Å²) in [5.41, 5.74) is 0. The van der Waals surface area contributed by atoms with E-state index in [4.69, 9.17) is 14.2 Å². The Bertz CT molecular complexity index is 1450. The molecule has 0 rings (SSSR count). The molecule has 0 heterocycles. The second kappa shape index (κ2) is 67.4. The summed E-state index contributed by atoms with van der Waals surface area (Å²) in [5.74, 6) is -0.872. The van der Waals surface area contributed by atoms with Gasteiger partial charge in [-0.2, -0.15) is 0 Å². The van der Waals surface area contributed by atoms with Gasteiger partial charge in [0.2, 0.25) is 0 Å². The topological polar surface area (TPSA) is 78.9 Å². The van der Waals surface area contributed by atoms with Crippen LogP contribution in [0.15, 0.2) is 72.9 Å². The van der Waals surface area contributed by atoms with Crippen molar-refractivity contribution in [2.24, 2.45) is 0 Å². The first-order valence-electron chi connectivity index (χ1n) is 34.4. The third-order valence-electron chi connectivity index (χ3n) is 15.2. The number of hydrogen-bond donors (Lipinski definition) is 0. The Morgan fingerprint density at radius 1 is 0.266 bits per heavy atom. The molecule has 6 heteroatoms. The molecule has 0 aromatic heterocycles. The molecule has 0 aliphatic carbocycles. The van der Waals surface area contributed by atoms with Gasteiger partial charge in [-0.15, -0.1) is 0 Å². The van der Waals surface area contributed by atoms with Crippen LogP contribution in [0, 0.1) is 0 Å². The van der Waals surface area contributed by atoms with Gasteiger partial charge in [0.05, 0.1) is 0 Å². The van der Waals surface area contributed by atoms with Crippen molar-refractivity contribution >= 4 is 17.9 Å². The van der Waals surface area contributed by atoms with E-state index < -0.39 is 6.10 Å². The lowest BCUT2D eigenvalue weighted by atomic mass is 10.0. The van der Waals surface area contributed by atoms with E-state index in [0.29, 0.717) is 19.3 Å². The van der Waals surface area contributed by atoms with Crippen LogP contribution in [0.1, 0.15) is 355 Å². The first-order chi connectivity index (χ1) is 39.0. The van der Waals surface area contributed by atoms with Crippen molar-refractivity contribution in [2.75, 3.05) is 13.2 Å². The molecule has 0 fully saturated rings. The highest BCUT2D eigenvalue weighted by Crippen LogP contribution is 2.18. The number of carbonyl (C=O) groups excluding carboxylic acids is 3. The average molecular weight is 1100 g/mol. The number of ether oxygens (including phenoxy) is 3. The Morgan fingerprint density at radius 2 is 0.494 bits per heavy atom. The summed E-state index contributed by atoms with van der Waals surface area (Å²) in [6, 6.07) is 0. The third kappa shape index (κ3) is 65.5. The van der Waals surface area contributed by atoms with Gasteiger partial charge in [-0.3, -0.25) is 14.4 Å². The van der Waals surface area contributed by atoms with Gasteiger partial charge in [-0.25, -0.2) is 0 Å². The van der Waals surface area contributed by atoms with Crippen LogP contribution in [0.4, 0.5) is 0 Å². The van der Waals surface area contributed by atoms with Crippen molar-refractivity contribution < 1.29 is 28.6 Å². The zero-order valence-electron chi connectivity index (χ0n) is 52.6. The van der Waals surface area contributed by atoms with Crippen LogP contribution in [0.25, 0.3) is 0 Å². The third-order valence-corrected chi connectivity index (χ3v) is 15.2. The van der Waals surface area contributed by atoms with Crippen molar-refractivity contribution in [3.05, 3.63) is 72.9 Å². The molecule has 1 unspecified atom stereocenters. The van der Waals surface area contributed by atoms with Crippen molar-refractivity contribution in [3.8, 4) is 0 Å². The molecule has 0 bridgehead atoms. The number of carbonyl (C=O) groups is 3. The van der Waals surface area contributed by atoms with Crippen LogP contribution in [-0.2, 0) is 28.6 Å². The smallest absolute Gasteiger partial charge is 0.306 e. The summed E-state index contributed by atoms with van der Waals surface area (Å²) in [6.07, 6.45) is 88.0. The maximum absolute atomic E-state index is 12.9. The minimum Gasteiger partial charge on any atom is -0.462 e. The summed E-state index contributed by atoms with van der Waals surface area (Å²) in [4.78, 5) is 38.3. The van der Waals surface area contributed by atoms with Crippen LogP contribution in [-0.4, -0.2) is 37.2 Å². The minimum absolute atomic E-state index is 0.0761. The molecular weight excluding hydrogens is 973 g/mol. The molecule has 0 aliphatic heterocycles. The normalized spacial score (nSPS) is 12.5. The number of rotatable bonds is 63. The molecule has 0 saturated carbocycles. The highest BCUT2D eigenvalue weighted by molar-refractivity contribution is 5.71. The van der Waals surface area contributed by atoms with E-state index in [-0.39, 0.29) is 31.1 Å². The van der Waals surface area contributed by atoms with Crippen LogP contribution in [0.2, 0.25) is 0 Å². The second-order valence-corrected chi connectivity index (χ2v) is 23.1. The highest BCUT2D eigenvalue weighted by atomic mass is 16.6. The van der Waals surface area contributed by atoms with Gasteiger partial charge in [0.1, 0.15) is 13.2 Å². The summed E-state index contributed by atoms with van der Waals surface area (Å²) < 4.78 is 16.9. The Hall–Kier alpha value is -3.15. The van der Waals surface area contributed by atoms with Crippen LogP contribution in [0.5, 0.6) is 0 Å². The molecule has 0 N–H and O–H groups in total. The Labute approximate surface area is 491 Å². The van der Waals surface area contributed by atoms with Crippen LogP contribution < -0.4 is 0 Å². The molecule has 0 aromatic carbocycles. The SMILES string of the molecule is CC/C=C\C/C=C\C/C=C\C/C=C\C/C=C\CCCCCCCCCC(=O)OC(COC(=O)CCCCCCCCCCC)COC(=O)CCCCCCCCCCCCCCCCCCC/C=C\CCCCCCCCCC. The van der Waals surface area contributed by atoms with Gasteiger partial charge >= 0.3 is 17.9 Å². The lowest BCUT2D eigenvalue weighted by molar-refractivity contribution is -0.167. The van der Waals surface area contributed by atoms with Gasteiger partial charge in [0, 0.05) is 19.3 Å². The van der Waals surface area contributed by atoms with Crippen molar-refractivity contribution in [1.29, 1.82) is 0 Å². The fourth-order valence-corrected chi connectivity index (χ4v) is 10.1. The van der Waals surface area contributed by atoms with Crippen LogP contribution >= 0.6 is 0 Å². The summed E-state index contributed by atoms with van der Waals surface area (Å²) in [6.45, 7) is 6.54. The monoisotopic (exact) mass is 1100 g/mol. The quantitative estimate of drug-likeness (QED) is 0.0261. The van der Waals surface area contributed by atoms with Crippen LogP contribution in [0.3, 0.4) is 0 Å². The molecular formula is C73H130O6. The molecule has 0 amide bonds. The lowest BCUT2D eigenvalue weighted by Crippen LogP contribution is -2.30. The molecule has 0 saturated heterocycles. The van der Waals surface area contributed by atoms with E-state index in [1.165, 1.54) is 218 Å². The predicted molar refractivity (Wildman–Crippen MR) is 344 cm³/mol. The molecule has 0 aromatic rings. The molecule has 0 radical (unpaired) electrons. The molecule has 0 spiro atoms. The van der Waals surface area contributed by atoms with Gasteiger partial charge in [-0.05, 0) is 89.9 Å². The van der Waals surface area contributed by atoms with Gasteiger partial charge in [-0.1, -0.05) is 318 Å². The van der Waals surface area contributed by atoms with Crippen molar-refractivity contribution in [3.63, 3.8) is 0 Å². The molecule has 79 heavy (non-hydrogen) atoms. The Balaban J connectivity index is 4.15. The van der Waals surface area contributed by atoms with Gasteiger partial charge < -0.3 is 14.2 Å². The number of allylic oxidation sites excluding steroid dienone is 12. The zero-order valence-corrected chi connectivity index (χ0v) is 52.6. The van der Waals surface area contributed by atoms with Gasteiger partial charge in [0.25, 0.3) is 0 Å². The first kappa shape index (κ1) is 75.8. The molecule has 1 atom stereocenters. The molecule has 6 nitrogen and oxygen atoms in total. The first-order valence-corrected chi connectivity index (χ1v) is 34.4. The summed E-state index contributed by atoms with van der Waals surface area (Å²) in [5, 5.41) is 0. The number of hydrogen-bond acceptors (Lipinski definition) is 6. The number of unbranched alkanes of at least 4 members (excludes halogenated alkanes) is 40. The highest BCUT2D eigenvalue weighted by Gasteiger charge is 2.19. The Morgan fingerprint density at radius 3 is 0.785 bits per heavy atom. The van der Waals surface area contributed by atoms with E-state index in [1.807, 2.05) is 0 Å². The Kier molecular flexibility index (Phi) is 64.7. The van der Waals surface area contributed by atoms with E-state index in [2.05, 4.69) is 93.7 Å². The lowest BCUT2D eigenvalue weighted by Gasteiger charge is -2.18. The average Bonchev–Trinajstić information content (AvgIpc) is 3.45. The van der Waals surface area contributed by atoms with Crippen molar-refractivity contribution in [2.45, 2.75) is 361 Å².